The van der Waals surface area contributed by atoms with E-state index in [1.165, 1.54) is 0 Å². The summed E-state index contributed by atoms with van der Waals surface area (Å²) in [7, 11) is 0. The van der Waals surface area contributed by atoms with Gasteiger partial charge < -0.3 is 9.63 Å². The van der Waals surface area contributed by atoms with E-state index in [4.69, 9.17) is 16.1 Å². The molecule has 1 heterocycles. The van der Waals surface area contributed by atoms with Crippen LogP contribution in [0.5, 0.6) is 5.75 Å². The standard InChI is InChI=1S/C16H13ClN2O2/c1-10-6-7-12(8-14(10)20)16-18-15(19-21-16)9-11-4-2-3-5-13(11)17/h2-8,20H,9H2,1H3. The number of phenols is 1. The molecule has 0 atom stereocenters. The molecule has 106 valence electrons. The minimum absolute atomic E-state index is 0.207. The summed E-state index contributed by atoms with van der Waals surface area (Å²) in [6.45, 7) is 1.83. The van der Waals surface area contributed by atoms with Crippen LogP contribution in [0.3, 0.4) is 0 Å². The summed E-state index contributed by atoms with van der Waals surface area (Å²) in [6, 6.07) is 12.8. The zero-order valence-corrected chi connectivity index (χ0v) is 12.1. The van der Waals surface area contributed by atoms with Crippen LogP contribution in [0.2, 0.25) is 5.02 Å². The van der Waals surface area contributed by atoms with Gasteiger partial charge in [0, 0.05) is 17.0 Å². The summed E-state index contributed by atoms with van der Waals surface area (Å²) in [5, 5.41) is 14.4. The first-order valence-electron chi connectivity index (χ1n) is 6.49. The highest BCUT2D eigenvalue weighted by atomic mass is 35.5. The summed E-state index contributed by atoms with van der Waals surface area (Å²) in [5.74, 6) is 1.14. The summed E-state index contributed by atoms with van der Waals surface area (Å²) in [4.78, 5) is 4.34. The highest BCUT2D eigenvalue weighted by Gasteiger charge is 2.11. The average Bonchev–Trinajstić information content (AvgIpc) is 2.93. The van der Waals surface area contributed by atoms with Gasteiger partial charge in [0.05, 0.1) is 0 Å². The third kappa shape index (κ3) is 2.90. The van der Waals surface area contributed by atoms with Gasteiger partial charge in [-0.25, -0.2) is 0 Å². The van der Waals surface area contributed by atoms with E-state index in [2.05, 4.69) is 10.1 Å². The number of hydrogen-bond acceptors (Lipinski definition) is 4. The largest absolute Gasteiger partial charge is 0.508 e. The molecule has 0 spiro atoms. The van der Waals surface area contributed by atoms with E-state index in [-0.39, 0.29) is 5.75 Å². The molecule has 0 saturated carbocycles. The first-order valence-corrected chi connectivity index (χ1v) is 6.87. The second-order valence-electron chi connectivity index (χ2n) is 4.79. The Balaban J connectivity index is 1.86. The average molecular weight is 301 g/mol. The van der Waals surface area contributed by atoms with Gasteiger partial charge in [-0.1, -0.05) is 41.0 Å². The van der Waals surface area contributed by atoms with E-state index in [0.717, 1.165) is 11.1 Å². The molecule has 3 aromatic rings. The van der Waals surface area contributed by atoms with Crippen LogP contribution in [0.1, 0.15) is 17.0 Å². The van der Waals surface area contributed by atoms with Crippen molar-refractivity contribution in [3.05, 3.63) is 64.4 Å². The Morgan fingerprint density at radius 3 is 2.76 bits per heavy atom. The second-order valence-corrected chi connectivity index (χ2v) is 5.19. The van der Waals surface area contributed by atoms with Crippen LogP contribution < -0.4 is 0 Å². The molecular formula is C16H13ClN2O2. The molecule has 1 aromatic heterocycles. The number of nitrogens with zero attached hydrogens (tertiary/aromatic N) is 2. The van der Waals surface area contributed by atoms with Crippen molar-refractivity contribution >= 4 is 11.6 Å². The lowest BCUT2D eigenvalue weighted by atomic mass is 10.1. The zero-order chi connectivity index (χ0) is 14.8. The van der Waals surface area contributed by atoms with Crippen LogP contribution >= 0.6 is 11.6 Å². The Morgan fingerprint density at radius 2 is 2.00 bits per heavy atom. The number of aromatic hydroxyl groups is 1. The van der Waals surface area contributed by atoms with Gasteiger partial charge in [-0.05, 0) is 36.2 Å². The molecule has 0 aliphatic carbocycles. The first-order chi connectivity index (χ1) is 10.1. The minimum Gasteiger partial charge on any atom is -0.508 e. The fourth-order valence-corrected chi connectivity index (χ4v) is 2.20. The third-order valence-electron chi connectivity index (χ3n) is 3.23. The summed E-state index contributed by atoms with van der Waals surface area (Å²) >= 11 is 6.12. The van der Waals surface area contributed by atoms with E-state index >= 15 is 0 Å². The van der Waals surface area contributed by atoms with Gasteiger partial charge in [-0.15, -0.1) is 0 Å². The summed E-state index contributed by atoms with van der Waals surface area (Å²) < 4.78 is 5.24. The highest BCUT2D eigenvalue weighted by Crippen LogP contribution is 2.25. The Labute approximate surface area is 127 Å². The maximum Gasteiger partial charge on any atom is 0.258 e. The molecule has 4 nitrogen and oxygen atoms in total. The highest BCUT2D eigenvalue weighted by molar-refractivity contribution is 6.31. The number of phenolic OH excluding ortho intramolecular Hbond substituents is 1. The molecule has 0 aliphatic rings. The van der Waals surface area contributed by atoms with Crippen molar-refractivity contribution in [3.63, 3.8) is 0 Å². The van der Waals surface area contributed by atoms with Crippen LogP contribution in [0, 0.1) is 6.92 Å². The Bertz CT molecular complexity index is 783. The van der Waals surface area contributed by atoms with Crippen LogP contribution in [-0.4, -0.2) is 15.2 Å². The van der Waals surface area contributed by atoms with Crippen molar-refractivity contribution in [1.29, 1.82) is 0 Å². The number of hydrogen-bond donors (Lipinski definition) is 1. The fourth-order valence-electron chi connectivity index (χ4n) is 2.00. The normalized spacial score (nSPS) is 10.8. The van der Waals surface area contributed by atoms with E-state index in [0.29, 0.717) is 28.7 Å². The van der Waals surface area contributed by atoms with Gasteiger partial charge in [0.25, 0.3) is 5.89 Å². The smallest absolute Gasteiger partial charge is 0.258 e. The molecule has 0 fully saturated rings. The van der Waals surface area contributed by atoms with Crippen molar-refractivity contribution in [2.24, 2.45) is 0 Å². The lowest BCUT2D eigenvalue weighted by Gasteiger charge is -2.00. The maximum atomic E-state index is 9.73. The molecular weight excluding hydrogens is 288 g/mol. The Kier molecular flexibility index (Phi) is 3.62. The van der Waals surface area contributed by atoms with Crippen LogP contribution in [0.25, 0.3) is 11.5 Å². The molecule has 1 N–H and O–H groups in total. The van der Waals surface area contributed by atoms with Crippen LogP contribution in [0.4, 0.5) is 0 Å². The number of halogens is 1. The molecule has 0 radical (unpaired) electrons. The zero-order valence-electron chi connectivity index (χ0n) is 11.4. The van der Waals surface area contributed by atoms with E-state index in [9.17, 15) is 5.11 Å². The predicted octanol–water partition coefficient (Wildman–Crippen LogP) is 3.99. The van der Waals surface area contributed by atoms with E-state index < -0.39 is 0 Å². The molecule has 0 aliphatic heterocycles. The number of aromatic nitrogens is 2. The third-order valence-corrected chi connectivity index (χ3v) is 3.60. The van der Waals surface area contributed by atoms with Crippen molar-refractivity contribution in [2.45, 2.75) is 13.3 Å². The van der Waals surface area contributed by atoms with Gasteiger partial charge in [0.2, 0.25) is 0 Å². The SMILES string of the molecule is Cc1ccc(-c2nc(Cc3ccccc3Cl)no2)cc1O. The fraction of sp³-hybridized carbons (Fsp3) is 0.125. The molecule has 0 bridgehead atoms. The predicted molar refractivity (Wildman–Crippen MR) is 80.4 cm³/mol. The van der Waals surface area contributed by atoms with Gasteiger partial charge >= 0.3 is 0 Å². The monoisotopic (exact) mass is 300 g/mol. The quantitative estimate of drug-likeness (QED) is 0.794. The number of rotatable bonds is 3. The van der Waals surface area contributed by atoms with Crippen LogP contribution in [0.15, 0.2) is 47.0 Å². The van der Waals surface area contributed by atoms with Gasteiger partial charge in [-0.3, -0.25) is 0 Å². The van der Waals surface area contributed by atoms with Crippen molar-refractivity contribution in [2.75, 3.05) is 0 Å². The molecule has 0 unspecified atom stereocenters. The summed E-state index contributed by atoms with van der Waals surface area (Å²) in [6.07, 6.45) is 0.501. The van der Waals surface area contributed by atoms with Crippen molar-refractivity contribution in [1.82, 2.24) is 10.1 Å². The minimum atomic E-state index is 0.207. The summed E-state index contributed by atoms with van der Waals surface area (Å²) in [5.41, 5.74) is 2.43. The Morgan fingerprint density at radius 1 is 1.19 bits per heavy atom. The van der Waals surface area contributed by atoms with E-state index in [1.807, 2.05) is 43.3 Å². The maximum absolute atomic E-state index is 9.73. The lowest BCUT2D eigenvalue weighted by Crippen LogP contribution is -1.91. The Hall–Kier alpha value is -2.33. The molecule has 5 heteroatoms. The van der Waals surface area contributed by atoms with Gasteiger partial charge in [0.15, 0.2) is 5.82 Å². The molecule has 21 heavy (non-hydrogen) atoms. The molecule has 0 saturated heterocycles. The number of benzene rings is 2. The van der Waals surface area contributed by atoms with E-state index in [1.54, 1.807) is 6.07 Å². The molecule has 3 rings (SSSR count). The van der Waals surface area contributed by atoms with Gasteiger partial charge in [-0.2, -0.15) is 4.98 Å². The molecule has 2 aromatic carbocycles. The lowest BCUT2D eigenvalue weighted by molar-refractivity contribution is 0.423. The molecule has 0 amide bonds. The van der Waals surface area contributed by atoms with Crippen LogP contribution in [-0.2, 0) is 6.42 Å². The number of aryl methyl sites for hydroxylation is 1. The second kappa shape index (κ2) is 5.58. The first kappa shape index (κ1) is 13.6. The topological polar surface area (TPSA) is 59.2 Å². The van der Waals surface area contributed by atoms with Gasteiger partial charge in [0.1, 0.15) is 5.75 Å². The van der Waals surface area contributed by atoms with Crippen molar-refractivity contribution in [3.8, 4) is 17.2 Å². The van der Waals surface area contributed by atoms with Crippen molar-refractivity contribution < 1.29 is 9.63 Å².